The maximum absolute atomic E-state index is 16.1. The predicted molar refractivity (Wildman–Crippen MR) is 169 cm³/mol. The van der Waals surface area contributed by atoms with Crippen molar-refractivity contribution in [2.45, 2.75) is 122 Å². The molecule has 3 saturated carbocycles. The molecule has 2 aromatic carbocycles. The summed E-state index contributed by atoms with van der Waals surface area (Å²) in [6.07, 6.45) is 12.7. The van der Waals surface area contributed by atoms with Gasteiger partial charge in [0, 0.05) is 25.4 Å². The average molecular weight is 590 g/mol. The minimum atomic E-state index is -0.978. The van der Waals surface area contributed by atoms with Gasteiger partial charge in [0.15, 0.2) is 0 Å². The van der Waals surface area contributed by atoms with Gasteiger partial charge in [0.1, 0.15) is 11.9 Å². The Hall–Kier alpha value is -2.40. The zero-order valence-corrected chi connectivity index (χ0v) is 26.1. The largest absolute Gasteiger partial charge is 0.508 e. The molecule has 0 saturated heterocycles. The van der Waals surface area contributed by atoms with Crippen molar-refractivity contribution in [2.75, 3.05) is 6.54 Å². The summed E-state index contributed by atoms with van der Waals surface area (Å²) in [4.78, 5) is 15.6. The summed E-state index contributed by atoms with van der Waals surface area (Å²) in [6, 6.07) is 15.9. The molecule has 2 N–H and O–H groups in total. The molecule has 0 aromatic heterocycles. The normalized spacial score (nSPS) is 32.1. The second-order valence-electron chi connectivity index (χ2n) is 14.7. The number of rotatable bonds is 10. The molecule has 0 bridgehead atoms. The summed E-state index contributed by atoms with van der Waals surface area (Å²) < 4.78 is 16.1. The van der Waals surface area contributed by atoms with E-state index in [1.807, 2.05) is 30.3 Å². The van der Waals surface area contributed by atoms with Gasteiger partial charge >= 0.3 is 0 Å². The number of unbranched alkanes of at least 4 members (excludes halogenated alkanes) is 1. The van der Waals surface area contributed by atoms with Crippen molar-refractivity contribution in [1.29, 1.82) is 0 Å². The van der Waals surface area contributed by atoms with Gasteiger partial charge in [0.05, 0.1) is 6.10 Å². The fourth-order valence-electron chi connectivity index (χ4n) is 9.80. The van der Waals surface area contributed by atoms with Gasteiger partial charge in [-0.15, -0.1) is 0 Å². The fourth-order valence-corrected chi connectivity index (χ4v) is 9.80. The summed E-state index contributed by atoms with van der Waals surface area (Å²) in [7, 11) is 0. The summed E-state index contributed by atoms with van der Waals surface area (Å²) in [5.41, 5.74) is 2.99. The Morgan fingerprint density at radius 2 is 1.79 bits per heavy atom. The van der Waals surface area contributed by atoms with Gasteiger partial charge in [0.25, 0.3) is 0 Å². The maximum Gasteiger partial charge on any atom is 0.222 e. The van der Waals surface area contributed by atoms with E-state index in [0.717, 1.165) is 62.6 Å². The smallest absolute Gasteiger partial charge is 0.222 e. The zero-order chi connectivity index (χ0) is 30.0. The third-order valence-corrected chi connectivity index (χ3v) is 12.1. The number of amides is 1. The number of nitrogens with zero attached hydrogens (tertiary/aromatic N) is 1. The fraction of sp³-hybridized carbons (Fsp3) is 0.658. The van der Waals surface area contributed by atoms with Gasteiger partial charge in [-0.1, -0.05) is 81.8 Å². The van der Waals surface area contributed by atoms with E-state index in [9.17, 15) is 15.0 Å². The van der Waals surface area contributed by atoms with Gasteiger partial charge in [-0.2, -0.15) is 0 Å². The molecule has 43 heavy (non-hydrogen) atoms. The van der Waals surface area contributed by atoms with Crippen LogP contribution in [0.3, 0.4) is 0 Å². The molecule has 0 heterocycles. The zero-order valence-electron chi connectivity index (χ0n) is 26.1. The topological polar surface area (TPSA) is 60.8 Å². The van der Waals surface area contributed by atoms with Crippen LogP contribution in [0, 0.1) is 29.1 Å². The predicted octanol–water partition coefficient (Wildman–Crippen LogP) is 8.34. The molecular weight excluding hydrogens is 537 g/mol. The quantitative estimate of drug-likeness (QED) is 0.274. The number of halogens is 1. The van der Waals surface area contributed by atoms with E-state index in [2.05, 4.69) is 24.0 Å². The van der Waals surface area contributed by atoms with Gasteiger partial charge in [-0.25, -0.2) is 4.39 Å². The number of aromatic hydroxyl groups is 1. The van der Waals surface area contributed by atoms with Crippen LogP contribution in [0.5, 0.6) is 5.75 Å². The Kier molecular flexibility index (Phi) is 9.47. The minimum absolute atomic E-state index is 0.159. The molecule has 1 amide bonds. The van der Waals surface area contributed by atoms with Crippen LogP contribution in [-0.2, 0) is 17.8 Å². The molecule has 0 aliphatic heterocycles. The highest BCUT2D eigenvalue weighted by atomic mass is 19.1. The van der Waals surface area contributed by atoms with E-state index in [4.69, 9.17) is 0 Å². The molecule has 3 fully saturated rings. The lowest BCUT2D eigenvalue weighted by molar-refractivity contribution is -0.132. The standard InChI is InChI=1S/C38H52FNO3/c1-38-24-33(39)37-31-17-16-30(41)23-29(31)22-28(36(37)32(38)18-19-34(38)42)14-8-9-21-40(25-27-12-6-3-7-13-27)35(43)20-15-26-10-4-2-5-11-26/h3,6-7,12-13,16-17,23,26,28,32-34,36-37,41-42H,2,4-5,8-11,14-15,18-22,24-25H2,1H3/t28-,32+,33+,34+,36+,37+,38+/m1/s1. The van der Waals surface area contributed by atoms with Crippen LogP contribution >= 0.6 is 0 Å². The number of alkyl halides is 1. The van der Waals surface area contributed by atoms with Crippen molar-refractivity contribution in [3.8, 4) is 5.75 Å². The van der Waals surface area contributed by atoms with Gasteiger partial charge in [-0.3, -0.25) is 4.79 Å². The Morgan fingerprint density at radius 1 is 1.00 bits per heavy atom. The first-order valence-corrected chi connectivity index (χ1v) is 17.3. The molecule has 0 spiro atoms. The summed E-state index contributed by atoms with van der Waals surface area (Å²) in [6.45, 7) is 3.54. The summed E-state index contributed by atoms with van der Waals surface area (Å²) >= 11 is 0. The molecule has 4 nitrogen and oxygen atoms in total. The number of carbonyl (C=O) groups excluding carboxylic acids is 1. The molecular formula is C38H52FNO3. The molecule has 2 aromatic rings. The van der Waals surface area contributed by atoms with Crippen molar-refractivity contribution in [3.05, 3.63) is 65.2 Å². The van der Waals surface area contributed by atoms with E-state index >= 15 is 4.39 Å². The number of aliphatic hydroxyl groups excluding tert-OH is 1. The Labute approximate surface area is 258 Å². The Morgan fingerprint density at radius 3 is 2.58 bits per heavy atom. The number of hydrogen-bond donors (Lipinski definition) is 2. The van der Waals surface area contributed by atoms with Gasteiger partial charge in [-0.05, 0) is 103 Å². The third kappa shape index (κ3) is 6.53. The van der Waals surface area contributed by atoms with Crippen molar-refractivity contribution < 1.29 is 19.4 Å². The van der Waals surface area contributed by atoms with Crippen LogP contribution in [-0.4, -0.2) is 39.8 Å². The van der Waals surface area contributed by atoms with Gasteiger partial charge < -0.3 is 15.1 Å². The highest BCUT2D eigenvalue weighted by molar-refractivity contribution is 5.76. The van der Waals surface area contributed by atoms with E-state index < -0.39 is 12.3 Å². The maximum atomic E-state index is 16.1. The molecule has 6 rings (SSSR count). The lowest BCUT2D eigenvalue weighted by Gasteiger charge is -2.54. The van der Waals surface area contributed by atoms with Crippen LogP contribution in [0.25, 0.3) is 0 Å². The van der Waals surface area contributed by atoms with Gasteiger partial charge in [0.2, 0.25) is 5.91 Å². The summed E-state index contributed by atoms with van der Waals surface area (Å²) in [5.74, 6) is 1.92. The Bertz CT molecular complexity index is 1230. The minimum Gasteiger partial charge on any atom is -0.508 e. The third-order valence-electron chi connectivity index (χ3n) is 12.1. The van der Waals surface area contributed by atoms with E-state index in [-0.39, 0.29) is 28.9 Å². The van der Waals surface area contributed by atoms with E-state index in [1.54, 1.807) is 6.07 Å². The van der Waals surface area contributed by atoms with E-state index in [0.29, 0.717) is 37.1 Å². The number of phenols is 1. The van der Waals surface area contributed by atoms with Crippen molar-refractivity contribution in [2.24, 2.45) is 29.1 Å². The first-order chi connectivity index (χ1) is 20.8. The summed E-state index contributed by atoms with van der Waals surface area (Å²) in [5, 5.41) is 21.2. The van der Waals surface area contributed by atoms with Crippen LogP contribution in [0.15, 0.2) is 48.5 Å². The van der Waals surface area contributed by atoms with Crippen LogP contribution < -0.4 is 0 Å². The molecule has 4 aliphatic carbocycles. The second-order valence-corrected chi connectivity index (χ2v) is 14.7. The molecule has 4 aliphatic rings. The average Bonchev–Trinajstić information content (AvgIpc) is 3.31. The van der Waals surface area contributed by atoms with Crippen molar-refractivity contribution in [1.82, 2.24) is 4.90 Å². The van der Waals surface area contributed by atoms with Crippen LogP contribution in [0.2, 0.25) is 0 Å². The lowest BCUT2D eigenvalue weighted by Crippen LogP contribution is -2.51. The van der Waals surface area contributed by atoms with Crippen molar-refractivity contribution >= 4 is 5.91 Å². The first kappa shape index (κ1) is 30.6. The highest BCUT2D eigenvalue weighted by Crippen LogP contribution is 2.63. The van der Waals surface area contributed by atoms with Crippen LogP contribution in [0.4, 0.5) is 4.39 Å². The monoisotopic (exact) mass is 589 g/mol. The molecule has 0 unspecified atom stereocenters. The molecule has 234 valence electrons. The number of hydrogen-bond acceptors (Lipinski definition) is 3. The molecule has 0 radical (unpaired) electrons. The van der Waals surface area contributed by atoms with E-state index in [1.165, 1.54) is 37.7 Å². The number of fused-ring (bicyclic) bond motifs is 5. The van der Waals surface area contributed by atoms with Crippen molar-refractivity contribution in [3.63, 3.8) is 0 Å². The number of phenolic OH excluding ortho intramolecular Hbond substituents is 1. The van der Waals surface area contributed by atoms with Crippen LogP contribution in [0.1, 0.15) is 113 Å². The molecule has 5 heteroatoms. The molecule has 7 atom stereocenters. The Balaban J connectivity index is 1.13. The second kappa shape index (κ2) is 13.3. The number of aliphatic hydroxyl groups is 1. The SMILES string of the molecule is C[C@]12C[C@H](F)[C@@H]3c4ccc(O)cc4C[C@@H](CCCCN(Cc4ccccc4)C(=O)CCC4CCCCC4)[C@H]3[C@@H]1CC[C@@H]2O. The lowest BCUT2D eigenvalue weighted by atomic mass is 9.51. The highest BCUT2D eigenvalue weighted by Gasteiger charge is 2.59. The number of carbonyl (C=O) groups is 1. The number of benzene rings is 2. The first-order valence-electron chi connectivity index (χ1n) is 17.3.